The van der Waals surface area contributed by atoms with Crippen LogP contribution in [0.1, 0.15) is 17.2 Å². The maximum absolute atomic E-state index is 9.69. The van der Waals surface area contributed by atoms with E-state index in [1.807, 2.05) is 49.4 Å². The number of hydrogen-bond donors (Lipinski definition) is 2. The predicted molar refractivity (Wildman–Crippen MR) is 85.3 cm³/mol. The monoisotopic (exact) mass is 335 g/mol. The van der Waals surface area contributed by atoms with Crippen molar-refractivity contribution in [2.24, 2.45) is 0 Å². The SMILES string of the molecule is COc1ccc(Br)cc1C(CO)Nc1cccc(C)c1. The third-order valence-electron chi connectivity index (χ3n) is 3.11. The zero-order chi connectivity index (χ0) is 14.5. The molecular weight excluding hydrogens is 318 g/mol. The van der Waals surface area contributed by atoms with Gasteiger partial charge in [0, 0.05) is 15.7 Å². The molecule has 0 bridgehead atoms. The molecule has 2 N–H and O–H groups in total. The van der Waals surface area contributed by atoms with E-state index >= 15 is 0 Å². The van der Waals surface area contributed by atoms with Crippen LogP contribution in [0, 0.1) is 6.92 Å². The average molecular weight is 336 g/mol. The molecule has 0 aliphatic carbocycles. The molecule has 4 heteroatoms. The summed E-state index contributed by atoms with van der Waals surface area (Å²) in [7, 11) is 1.63. The molecule has 0 saturated heterocycles. The highest BCUT2D eigenvalue weighted by molar-refractivity contribution is 9.10. The van der Waals surface area contributed by atoms with Gasteiger partial charge < -0.3 is 15.2 Å². The van der Waals surface area contributed by atoms with Gasteiger partial charge in [-0.1, -0.05) is 28.1 Å². The van der Waals surface area contributed by atoms with Gasteiger partial charge in [-0.2, -0.15) is 0 Å². The summed E-state index contributed by atoms with van der Waals surface area (Å²) in [5, 5.41) is 13.0. The Morgan fingerprint density at radius 2 is 2.05 bits per heavy atom. The third-order valence-corrected chi connectivity index (χ3v) is 3.60. The summed E-state index contributed by atoms with van der Waals surface area (Å²) in [5.74, 6) is 0.757. The van der Waals surface area contributed by atoms with Crippen molar-refractivity contribution in [1.29, 1.82) is 0 Å². The van der Waals surface area contributed by atoms with E-state index in [1.54, 1.807) is 7.11 Å². The van der Waals surface area contributed by atoms with Gasteiger partial charge in [0.25, 0.3) is 0 Å². The molecule has 0 spiro atoms. The molecule has 0 saturated carbocycles. The lowest BCUT2D eigenvalue weighted by Gasteiger charge is -2.21. The molecule has 1 atom stereocenters. The van der Waals surface area contributed by atoms with Crippen molar-refractivity contribution in [3.8, 4) is 5.75 Å². The maximum atomic E-state index is 9.69. The van der Waals surface area contributed by atoms with Crippen LogP contribution in [0.5, 0.6) is 5.75 Å². The number of aliphatic hydroxyl groups excluding tert-OH is 1. The molecule has 3 nitrogen and oxygen atoms in total. The van der Waals surface area contributed by atoms with Crippen LogP contribution in [0.15, 0.2) is 46.9 Å². The van der Waals surface area contributed by atoms with E-state index in [2.05, 4.69) is 21.2 Å². The molecule has 20 heavy (non-hydrogen) atoms. The summed E-state index contributed by atoms with van der Waals surface area (Å²) in [4.78, 5) is 0. The first-order valence-electron chi connectivity index (χ1n) is 6.41. The minimum absolute atomic E-state index is 0.0131. The number of rotatable bonds is 5. The standard InChI is InChI=1S/C16H18BrNO2/c1-11-4-3-5-13(8-11)18-15(10-19)14-9-12(17)6-7-16(14)20-2/h3-9,15,18-19H,10H2,1-2H3. The van der Waals surface area contributed by atoms with Crippen LogP contribution < -0.4 is 10.1 Å². The number of ether oxygens (including phenoxy) is 1. The highest BCUT2D eigenvalue weighted by Gasteiger charge is 2.15. The molecule has 0 heterocycles. The molecule has 106 valence electrons. The van der Waals surface area contributed by atoms with Crippen molar-refractivity contribution in [1.82, 2.24) is 0 Å². The van der Waals surface area contributed by atoms with Crippen LogP contribution >= 0.6 is 15.9 Å². The van der Waals surface area contributed by atoms with Crippen molar-refractivity contribution in [2.45, 2.75) is 13.0 Å². The minimum Gasteiger partial charge on any atom is -0.496 e. The van der Waals surface area contributed by atoms with Crippen molar-refractivity contribution in [3.63, 3.8) is 0 Å². The van der Waals surface area contributed by atoms with Crippen LogP contribution in [0.4, 0.5) is 5.69 Å². The zero-order valence-electron chi connectivity index (χ0n) is 11.6. The summed E-state index contributed by atoms with van der Waals surface area (Å²) in [5.41, 5.74) is 3.07. The fraction of sp³-hybridized carbons (Fsp3) is 0.250. The first-order chi connectivity index (χ1) is 9.63. The second-order valence-electron chi connectivity index (χ2n) is 4.64. The van der Waals surface area contributed by atoms with Crippen molar-refractivity contribution < 1.29 is 9.84 Å². The van der Waals surface area contributed by atoms with E-state index in [-0.39, 0.29) is 12.6 Å². The van der Waals surface area contributed by atoms with E-state index < -0.39 is 0 Å². The average Bonchev–Trinajstić information content (AvgIpc) is 2.45. The van der Waals surface area contributed by atoms with E-state index in [4.69, 9.17) is 4.74 Å². The zero-order valence-corrected chi connectivity index (χ0v) is 13.1. The van der Waals surface area contributed by atoms with Crippen LogP contribution in [0.2, 0.25) is 0 Å². The van der Waals surface area contributed by atoms with Gasteiger partial charge in [0.05, 0.1) is 19.8 Å². The number of aliphatic hydroxyl groups is 1. The number of benzene rings is 2. The van der Waals surface area contributed by atoms with E-state index in [9.17, 15) is 5.11 Å². The predicted octanol–water partition coefficient (Wildman–Crippen LogP) is 3.91. The number of hydrogen-bond acceptors (Lipinski definition) is 3. The third kappa shape index (κ3) is 3.52. The molecule has 2 aromatic carbocycles. The summed E-state index contributed by atoms with van der Waals surface area (Å²) < 4.78 is 6.33. The number of nitrogens with one attached hydrogen (secondary N) is 1. The highest BCUT2D eigenvalue weighted by atomic mass is 79.9. The van der Waals surface area contributed by atoms with E-state index in [0.29, 0.717) is 0 Å². The molecule has 2 aromatic rings. The van der Waals surface area contributed by atoms with Gasteiger partial charge in [0.1, 0.15) is 5.75 Å². The van der Waals surface area contributed by atoms with E-state index in [0.717, 1.165) is 21.5 Å². The van der Waals surface area contributed by atoms with Crippen LogP contribution in [0.3, 0.4) is 0 Å². The number of methoxy groups -OCH3 is 1. The fourth-order valence-electron chi connectivity index (χ4n) is 2.14. The Morgan fingerprint density at radius 3 is 2.70 bits per heavy atom. The number of aryl methyl sites for hydroxylation is 1. The molecule has 1 unspecified atom stereocenters. The topological polar surface area (TPSA) is 41.5 Å². The van der Waals surface area contributed by atoms with Crippen LogP contribution in [-0.4, -0.2) is 18.8 Å². The molecule has 0 radical (unpaired) electrons. The summed E-state index contributed by atoms with van der Waals surface area (Å²) in [6.07, 6.45) is 0. The first-order valence-corrected chi connectivity index (χ1v) is 7.21. The lowest BCUT2D eigenvalue weighted by Crippen LogP contribution is -2.16. The number of anilines is 1. The highest BCUT2D eigenvalue weighted by Crippen LogP contribution is 2.30. The molecular formula is C16H18BrNO2. The van der Waals surface area contributed by atoms with Gasteiger partial charge in [0.15, 0.2) is 0 Å². The molecule has 2 rings (SSSR count). The van der Waals surface area contributed by atoms with E-state index in [1.165, 1.54) is 5.56 Å². The molecule has 0 amide bonds. The summed E-state index contributed by atoms with van der Waals surface area (Å²) in [6, 6.07) is 13.6. The van der Waals surface area contributed by atoms with Crippen LogP contribution in [0.25, 0.3) is 0 Å². The Hall–Kier alpha value is -1.52. The summed E-state index contributed by atoms with van der Waals surface area (Å²) in [6.45, 7) is 2.03. The van der Waals surface area contributed by atoms with Gasteiger partial charge in [-0.3, -0.25) is 0 Å². The molecule has 0 aliphatic rings. The van der Waals surface area contributed by atoms with Gasteiger partial charge in [-0.15, -0.1) is 0 Å². The Morgan fingerprint density at radius 1 is 1.25 bits per heavy atom. The minimum atomic E-state index is -0.218. The Kier molecular flexibility index (Phi) is 5.04. The Balaban J connectivity index is 2.30. The molecule has 0 aliphatic heterocycles. The lowest BCUT2D eigenvalue weighted by atomic mass is 10.1. The Labute approximate surface area is 127 Å². The van der Waals surface area contributed by atoms with Crippen molar-refractivity contribution in [2.75, 3.05) is 19.0 Å². The van der Waals surface area contributed by atoms with Crippen molar-refractivity contribution in [3.05, 3.63) is 58.1 Å². The quantitative estimate of drug-likeness (QED) is 0.870. The smallest absolute Gasteiger partial charge is 0.124 e. The van der Waals surface area contributed by atoms with Crippen molar-refractivity contribution >= 4 is 21.6 Å². The lowest BCUT2D eigenvalue weighted by molar-refractivity contribution is 0.273. The van der Waals surface area contributed by atoms with Gasteiger partial charge in [-0.25, -0.2) is 0 Å². The number of halogens is 1. The maximum Gasteiger partial charge on any atom is 0.124 e. The molecule has 0 fully saturated rings. The summed E-state index contributed by atoms with van der Waals surface area (Å²) >= 11 is 3.46. The Bertz CT molecular complexity index is 586. The fourth-order valence-corrected chi connectivity index (χ4v) is 2.51. The van der Waals surface area contributed by atoms with Crippen LogP contribution in [-0.2, 0) is 0 Å². The largest absolute Gasteiger partial charge is 0.496 e. The molecule has 0 aromatic heterocycles. The first kappa shape index (κ1) is 14.9. The second-order valence-corrected chi connectivity index (χ2v) is 5.55. The normalized spacial score (nSPS) is 12.0. The van der Waals surface area contributed by atoms with Gasteiger partial charge in [0.2, 0.25) is 0 Å². The van der Waals surface area contributed by atoms with Gasteiger partial charge in [-0.05, 0) is 42.8 Å². The second kappa shape index (κ2) is 6.77. The van der Waals surface area contributed by atoms with Gasteiger partial charge >= 0.3 is 0 Å².